The lowest BCUT2D eigenvalue weighted by Gasteiger charge is -2.26. The quantitative estimate of drug-likeness (QED) is 0.209. The van der Waals surface area contributed by atoms with Crippen LogP contribution < -0.4 is 24.4 Å². The number of ether oxygens (including phenoxy) is 3. The second-order valence-electron chi connectivity index (χ2n) is 10.3. The summed E-state index contributed by atoms with van der Waals surface area (Å²) in [5.41, 5.74) is 3.31. The average molecular weight is 673 g/mol. The number of hydrogen-bond acceptors (Lipinski definition) is 8. The smallest absolute Gasteiger partial charge is 0.338 e. The van der Waals surface area contributed by atoms with Gasteiger partial charge in [0.15, 0.2) is 4.80 Å². The number of halogens is 1. The van der Waals surface area contributed by atoms with Crippen LogP contribution in [0.5, 0.6) is 11.5 Å². The molecule has 3 aromatic carbocycles. The fourth-order valence-corrected chi connectivity index (χ4v) is 6.31. The minimum absolute atomic E-state index is 0.123. The van der Waals surface area contributed by atoms with E-state index in [1.807, 2.05) is 68.4 Å². The Balaban J connectivity index is 1.63. The topological polar surface area (TPSA) is 103 Å². The average Bonchev–Trinajstić information content (AvgIpc) is 3.30. The molecule has 44 heavy (non-hydrogen) atoms. The third-order valence-electron chi connectivity index (χ3n) is 6.83. The van der Waals surface area contributed by atoms with Crippen molar-refractivity contribution in [3.05, 3.63) is 124 Å². The first-order valence-corrected chi connectivity index (χ1v) is 15.7. The first-order valence-electron chi connectivity index (χ1n) is 14.1. The molecule has 0 spiro atoms. The van der Waals surface area contributed by atoms with Crippen LogP contribution in [0.3, 0.4) is 0 Å². The van der Waals surface area contributed by atoms with Crippen LogP contribution in [-0.4, -0.2) is 23.2 Å². The number of aromatic nitrogens is 1. The molecule has 1 aliphatic heterocycles. The van der Waals surface area contributed by atoms with Gasteiger partial charge < -0.3 is 14.2 Å². The Hall–Kier alpha value is -4.46. The number of hydrogen-bond donors (Lipinski definition) is 0. The molecule has 0 saturated carbocycles. The van der Waals surface area contributed by atoms with Crippen molar-refractivity contribution in [2.24, 2.45) is 4.99 Å². The van der Waals surface area contributed by atoms with Crippen molar-refractivity contribution >= 4 is 39.3 Å². The lowest BCUT2D eigenvalue weighted by molar-refractivity contribution is -0.139. The maximum absolute atomic E-state index is 14.2. The van der Waals surface area contributed by atoms with Gasteiger partial charge in [0.2, 0.25) is 0 Å². The van der Waals surface area contributed by atoms with Gasteiger partial charge in [-0.05, 0) is 75.7 Å². The van der Waals surface area contributed by atoms with Crippen LogP contribution >= 0.6 is 27.3 Å². The molecule has 224 valence electrons. The van der Waals surface area contributed by atoms with Crippen LogP contribution in [-0.2, 0) is 16.1 Å². The van der Waals surface area contributed by atoms with Crippen molar-refractivity contribution in [2.75, 3.05) is 6.61 Å². The Morgan fingerprint density at radius 3 is 2.59 bits per heavy atom. The summed E-state index contributed by atoms with van der Waals surface area (Å²) in [6.07, 6.45) is 1.65. The number of nitriles is 1. The summed E-state index contributed by atoms with van der Waals surface area (Å²) in [5.74, 6) is 0.626. The SMILES string of the molecule is CCOC(=O)C1=C(C)N=c2s/c(=C\c3cc(Br)ccc3OCc3ccc(C#N)cc3)c(=O)n2[C@H]1c1ccccc1OC(C)C. The number of thiazole rings is 1. The largest absolute Gasteiger partial charge is 0.491 e. The maximum Gasteiger partial charge on any atom is 0.338 e. The van der Waals surface area contributed by atoms with Crippen molar-refractivity contribution in [1.82, 2.24) is 4.57 Å². The lowest BCUT2D eigenvalue weighted by Crippen LogP contribution is -2.40. The zero-order valence-electron chi connectivity index (χ0n) is 24.7. The highest BCUT2D eigenvalue weighted by Crippen LogP contribution is 2.36. The summed E-state index contributed by atoms with van der Waals surface area (Å²) in [6, 6.07) is 21.5. The van der Waals surface area contributed by atoms with E-state index in [1.54, 1.807) is 36.6 Å². The molecule has 0 N–H and O–H groups in total. The van der Waals surface area contributed by atoms with E-state index in [4.69, 9.17) is 19.5 Å². The molecule has 4 aromatic rings. The molecular formula is C34H30BrN3O5S. The summed E-state index contributed by atoms with van der Waals surface area (Å²) >= 11 is 4.77. The van der Waals surface area contributed by atoms with E-state index in [-0.39, 0.29) is 24.9 Å². The molecule has 5 rings (SSSR count). The van der Waals surface area contributed by atoms with Gasteiger partial charge in [-0.1, -0.05) is 57.6 Å². The fourth-order valence-electron chi connectivity index (χ4n) is 4.89. The zero-order valence-corrected chi connectivity index (χ0v) is 27.1. The number of benzene rings is 3. The molecule has 1 aliphatic rings. The molecule has 0 aliphatic carbocycles. The van der Waals surface area contributed by atoms with Crippen molar-refractivity contribution in [1.29, 1.82) is 5.26 Å². The Labute approximate surface area is 267 Å². The van der Waals surface area contributed by atoms with Gasteiger partial charge >= 0.3 is 5.97 Å². The number of para-hydroxylation sites is 1. The number of nitrogens with zero attached hydrogens (tertiary/aromatic N) is 3. The molecule has 0 unspecified atom stereocenters. The number of carbonyl (C=O) groups is 1. The van der Waals surface area contributed by atoms with Crippen LogP contribution in [0, 0.1) is 11.3 Å². The van der Waals surface area contributed by atoms with E-state index >= 15 is 0 Å². The number of fused-ring (bicyclic) bond motifs is 1. The van der Waals surface area contributed by atoms with Crippen LogP contribution in [0.4, 0.5) is 0 Å². The first-order chi connectivity index (χ1) is 21.2. The van der Waals surface area contributed by atoms with Crippen LogP contribution in [0.25, 0.3) is 6.08 Å². The molecule has 0 amide bonds. The molecule has 0 bridgehead atoms. The summed E-state index contributed by atoms with van der Waals surface area (Å²) in [4.78, 5) is 32.7. The molecule has 1 atom stereocenters. The number of rotatable bonds is 9. The third-order valence-corrected chi connectivity index (χ3v) is 8.31. The van der Waals surface area contributed by atoms with E-state index in [0.717, 1.165) is 10.0 Å². The number of allylic oxidation sites excluding steroid dienone is 1. The molecular weight excluding hydrogens is 642 g/mol. The van der Waals surface area contributed by atoms with Gasteiger partial charge in [-0.15, -0.1) is 0 Å². The molecule has 0 fully saturated rings. The molecule has 1 aromatic heterocycles. The highest BCUT2D eigenvalue weighted by atomic mass is 79.9. The summed E-state index contributed by atoms with van der Waals surface area (Å²) in [5, 5.41) is 9.08. The molecule has 10 heteroatoms. The maximum atomic E-state index is 14.2. The minimum Gasteiger partial charge on any atom is -0.491 e. The van der Waals surface area contributed by atoms with Crippen molar-refractivity contribution in [2.45, 2.75) is 46.4 Å². The molecule has 0 radical (unpaired) electrons. The monoisotopic (exact) mass is 671 g/mol. The third kappa shape index (κ3) is 6.54. The van der Waals surface area contributed by atoms with Gasteiger partial charge in [-0.2, -0.15) is 5.26 Å². The minimum atomic E-state index is -0.794. The van der Waals surface area contributed by atoms with Gasteiger partial charge in [0, 0.05) is 15.6 Å². The van der Waals surface area contributed by atoms with Gasteiger partial charge in [0.05, 0.1) is 40.1 Å². The molecule has 2 heterocycles. The standard InChI is InChI=1S/C34H30BrN3O5S/c1-5-41-33(40)30-21(4)37-34-38(31(30)26-8-6-7-9-28(26)43-20(2)3)32(39)29(44-34)17-24-16-25(35)14-15-27(24)42-19-23-12-10-22(18-36)11-13-23/h6-17,20,31H,5,19H2,1-4H3/b29-17-/t31-/m0/s1. The predicted octanol–water partition coefficient (Wildman–Crippen LogP) is 5.80. The Morgan fingerprint density at radius 1 is 1.14 bits per heavy atom. The Morgan fingerprint density at radius 2 is 1.89 bits per heavy atom. The summed E-state index contributed by atoms with van der Waals surface area (Å²) in [7, 11) is 0. The highest BCUT2D eigenvalue weighted by molar-refractivity contribution is 9.10. The summed E-state index contributed by atoms with van der Waals surface area (Å²) in [6.45, 7) is 7.82. The van der Waals surface area contributed by atoms with Crippen LogP contribution in [0.1, 0.15) is 56.0 Å². The van der Waals surface area contributed by atoms with Crippen molar-refractivity contribution in [3.63, 3.8) is 0 Å². The zero-order chi connectivity index (χ0) is 31.4. The van der Waals surface area contributed by atoms with E-state index in [2.05, 4.69) is 27.0 Å². The second kappa shape index (κ2) is 13.5. The fraction of sp³-hybridized carbons (Fsp3) is 0.235. The normalized spacial score (nSPS) is 14.6. The summed E-state index contributed by atoms with van der Waals surface area (Å²) < 4.78 is 20.5. The van der Waals surface area contributed by atoms with Gasteiger partial charge in [0.25, 0.3) is 5.56 Å². The van der Waals surface area contributed by atoms with E-state index in [9.17, 15) is 9.59 Å². The van der Waals surface area contributed by atoms with E-state index in [1.165, 1.54) is 11.3 Å². The highest BCUT2D eigenvalue weighted by Gasteiger charge is 2.35. The van der Waals surface area contributed by atoms with Crippen LogP contribution in [0.2, 0.25) is 0 Å². The molecule has 8 nitrogen and oxygen atoms in total. The predicted molar refractivity (Wildman–Crippen MR) is 172 cm³/mol. The van der Waals surface area contributed by atoms with E-state index in [0.29, 0.717) is 48.8 Å². The number of esters is 1. The second-order valence-corrected chi connectivity index (χ2v) is 12.2. The Kier molecular flexibility index (Phi) is 9.47. The van der Waals surface area contributed by atoms with Gasteiger partial charge in [0.1, 0.15) is 24.1 Å². The first kappa shape index (κ1) is 31.0. The van der Waals surface area contributed by atoms with Crippen LogP contribution in [0.15, 0.2) is 92.3 Å². The van der Waals surface area contributed by atoms with Gasteiger partial charge in [-0.3, -0.25) is 9.36 Å². The lowest BCUT2D eigenvalue weighted by atomic mass is 9.95. The van der Waals surface area contributed by atoms with E-state index < -0.39 is 12.0 Å². The number of carbonyl (C=O) groups excluding carboxylic acids is 1. The Bertz CT molecular complexity index is 1970. The van der Waals surface area contributed by atoms with Gasteiger partial charge in [-0.25, -0.2) is 9.79 Å². The van der Waals surface area contributed by atoms with Crippen molar-refractivity contribution in [3.8, 4) is 17.6 Å². The molecule has 0 saturated heterocycles. The van der Waals surface area contributed by atoms with Crippen molar-refractivity contribution < 1.29 is 19.0 Å².